The summed E-state index contributed by atoms with van der Waals surface area (Å²) in [5.41, 5.74) is 4.72. The highest BCUT2D eigenvalue weighted by atomic mass is 32.2. The van der Waals surface area contributed by atoms with Crippen LogP contribution in [0, 0.1) is 5.92 Å². The van der Waals surface area contributed by atoms with Gasteiger partial charge in [0.25, 0.3) is 10.8 Å². The summed E-state index contributed by atoms with van der Waals surface area (Å²) in [5, 5.41) is -0.0564. The number of nitrogens with zero attached hydrogens (tertiary/aromatic N) is 3. The number of aromatic amines is 1. The normalized spacial score (nSPS) is 14.1. The van der Waals surface area contributed by atoms with Crippen molar-refractivity contribution in [1.82, 2.24) is 14.5 Å². The van der Waals surface area contributed by atoms with Crippen LogP contribution < -0.4 is 21.9 Å². The molecule has 1 aromatic heterocycles. The number of aromatic nitrogens is 2. The molecule has 0 aromatic carbocycles. The third-order valence-corrected chi connectivity index (χ3v) is 5.18. The maximum absolute atomic E-state index is 12.9. The van der Waals surface area contributed by atoms with Gasteiger partial charge in [-0.25, -0.2) is 4.79 Å². The fourth-order valence-electron chi connectivity index (χ4n) is 2.92. The van der Waals surface area contributed by atoms with Crippen molar-refractivity contribution in [2.75, 3.05) is 49.7 Å². The molecule has 0 saturated carbocycles. The number of rotatable bonds is 9. The number of ether oxygens (including phenoxy) is 1. The van der Waals surface area contributed by atoms with Gasteiger partial charge in [0.15, 0.2) is 5.69 Å². The van der Waals surface area contributed by atoms with E-state index in [1.807, 2.05) is 13.8 Å². The average molecular weight is 414 g/mol. The molecule has 0 aliphatic carbocycles. The van der Waals surface area contributed by atoms with Gasteiger partial charge in [0.2, 0.25) is 5.91 Å². The number of nitrogens with two attached hydrogens (primary N) is 1. The quantitative estimate of drug-likeness (QED) is 0.596. The first-order valence-corrected chi connectivity index (χ1v) is 10.1. The molecule has 156 valence electrons. The molecule has 3 N–H and O–H groups in total. The summed E-state index contributed by atoms with van der Waals surface area (Å²) in [4.78, 5) is 54.3. The van der Waals surface area contributed by atoms with Crippen LogP contribution >= 0.6 is 11.8 Å². The molecular formula is C17H27N5O5S. The number of thioether (sulfide) groups is 1. The minimum absolute atomic E-state index is 0.0399. The van der Waals surface area contributed by atoms with Crippen molar-refractivity contribution in [2.24, 2.45) is 5.92 Å². The summed E-state index contributed by atoms with van der Waals surface area (Å²) in [6, 6.07) is 0. The van der Waals surface area contributed by atoms with E-state index in [-0.39, 0.29) is 54.7 Å². The number of hydrogen-bond acceptors (Lipinski definition) is 7. The van der Waals surface area contributed by atoms with E-state index < -0.39 is 11.2 Å². The number of amides is 2. The number of carbonyl (C=O) groups is 2. The number of anilines is 2. The summed E-state index contributed by atoms with van der Waals surface area (Å²) in [6.07, 6.45) is 0.0399. The van der Waals surface area contributed by atoms with E-state index >= 15 is 0 Å². The molecule has 2 heterocycles. The molecule has 10 nitrogen and oxygen atoms in total. The predicted molar refractivity (Wildman–Crippen MR) is 109 cm³/mol. The standard InChI is InChI=1S/C17H27N5O5S/c1-11(2)10-22-14(18)13(15(24)19-16(22)25)21(6-8-27-3)12(23)4-5-20-7-9-28-17(20)26/h11H,4-10,18H2,1-3H3,(H,19,24,25). The fourth-order valence-corrected chi connectivity index (χ4v) is 3.77. The summed E-state index contributed by atoms with van der Waals surface area (Å²) < 4.78 is 6.31. The van der Waals surface area contributed by atoms with Crippen molar-refractivity contribution in [1.29, 1.82) is 0 Å². The third-order valence-electron chi connectivity index (χ3n) is 4.29. The molecule has 2 amide bonds. The van der Waals surface area contributed by atoms with Gasteiger partial charge in [0, 0.05) is 45.5 Å². The van der Waals surface area contributed by atoms with Crippen LogP contribution in [0.5, 0.6) is 0 Å². The summed E-state index contributed by atoms with van der Waals surface area (Å²) in [5.74, 6) is 0.390. The van der Waals surface area contributed by atoms with Crippen LogP contribution in [0.25, 0.3) is 0 Å². The lowest BCUT2D eigenvalue weighted by molar-refractivity contribution is -0.118. The van der Waals surface area contributed by atoms with Crippen molar-refractivity contribution < 1.29 is 14.3 Å². The number of H-pyrrole nitrogens is 1. The Bertz CT molecular complexity index is 834. The molecule has 0 bridgehead atoms. The molecule has 0 spiro atoms. The van der Waals surface area contributed by atoms with Gasteiger partial charge in [0.1, 0.15) is 5.82 Å². The Kier molecular flexibility index (Phi) is 7.69. The van der Waals surface area contributed by atoms with E-state index in [1.54, 1.807) is 4.90 Å². The number of methoxy groups -OCH3 is 1. The lowest BCUT2D eigenvalue weighted by Crippen LogP contribution is -2.43. The molecule has 1 saturated heterocycles. The van der Waals surface area contributed by atoms with Crippen molar-refractivity contribution >= 4 is 34.4 Å². The van der Waals surface area contributed by atoms with Gasteiger partial charge >= 0.3 is 5.69 Å². The minimum atomic E-state index is -0.722. The van der Waals surface area contributed by atoms with E-state index in [0.717, 1.165) is 0 Å². The number of hydrogen-bond donors (Lipinski definition) is 2. The van der Waals surface area contributed by atoms with Crippen LogP contribution in [0.2, 0.25) is 0 Å². The van der Waals surface area contributed by atoms with Gasteiger partial charge in [-0.1, -0.05) is 25.6 Å². The summed E-state index contributed by atoms with van der Waals surface area (Å²) >= 11 is 1.22. The Labute approximate surface area is 167 Å². The monoisotopic (exact) mass is 413 g/mol. The highest BCUT2D eigenvalue weighted by Crippen LogP contribution is 2.20. The Hall–Kier alpha value is -2.27. The molecule has 1 aromatic rings. The maximum atomic E-state index is 12.9. The second-order valence-corrected chi connectivity index (χ2v) is 7.93. The Morgan fingerprint density at radius 3 is 2.64 bits per heavy atom. The molecule has 0 radical (unpaired) electrons. The second kappa shape index (κ2) is 9.78. The Morgan fingerprint density at radius 2 is 2.07 bits per heavy atom. The van der Waals surface area contributed by atoms with Gasteiger partial charge in [-0.3, -0.25) is 23.9 Å². The molecule has 1 fully saturated rings. The molecule has 1 aliphatic heterocycles. The zero-order valence-electron chi connectivity index (χ0n) is 16.4. The predicted octanol–water partition coefficient (Wildman–Crippen LogP) is 0.313. The molecule has 28 heavy (non-hydrogen) atoms. The first kappa shape index (κ1) is 22.0. The van der Waals surface area contributed by atoms with Crippen LogP contribution in [0.3, 0.4) is 0 Å². The van der Waals surface area contributed by atoms with Crippen molar-refractivity contribution in [3.63, 3.8) is 0 Å². The smallest absolute Gasteiger partial charge is 0.330 e. The zero-order valence-corrected chi connectivity index (χ0v) is 17.2. The van der Waals surface area contributed by atoms with Crippen LogP contribution in [0.15, 0.2) is 9.59 Å². The third kappa shape index (κ3) is 5.16. The minimum Gasteiger partial charge on any atom is -0.383 e. The summed E-state index contributed by atoms with van der Waals surface area (Å²) in [6.45, 7) is 5.28. The second-order valence-electron chi connectivity index (χ2n) is 6.89. The largest absolute Gasteiger partial charge is 0.383 e. The fraction of sp³-hybridized carbons (Fsp3) is 0.647. The average Bonchev–Trinajstić information content (AvgIpc) is 3.04. The summed E-state index contributed by atoms with van der Waals surface area (Å²) in [7, 11) is 1.48. The topological polar surface area (TPSA) is 131 Å². The van der Waals surface area contributed by atoms with Crippen LogP contribution in [0.4, 0.5) is 16.3 Å². The maximum Gasteiger partial charge on any atom is 0.330 e. The lowest BCUT2D eigenvalue weighted by Gasteiger charge is -2.25. The molecule has 1 aliphatic rings. The van der Waals surface area contributed by atoms with Crippen molar-refractivity contribution in [3.05, 3.63) is 20.8 Å². The van der Waals surface area contributed by atoms with E-state index in [1.165, 1.54) is 28.3 Å². The van der Waals surface area contributed by atoms with Crippen LogP contribution in [0.1, 0.15) is 20.3 Å². The number of nitrogen functional groups attached to an aromatic ring is 1. The molecule has 0 unspecified atom stereocenters. The molecule has 2 rings (SSSR count). The van der Waals surface area contributed by atoms with E-state index in [0.29, 0.717) is 18.8 Å². The SMILES string of the molecule is COCCN(C(=O)CCN1CCSC1=O)c1c(N)n(CC(C)C)c(=O)[nH]c1=O. The zero-order chi connectivity index (χ0) is 20.8. The molecular weight excluding hydrogens is 386 g/mol. The number of carbonyl (C=O) groups excluding carboxylic acids is 2. The van der Waals surface area contributed by atoms with Gasteiger partial charge in [-0.2, -0.15) is 0 Å². The first-order chi connectivity index (χ1) is 13.3. The van der Waals surface area contributed by atoms with Gasteiger partial charge in [0.05, 0.1) is 6.61 Å². The van der Waals surface area contributed by atoms with E-state index in [9.17, 15) is 19.2 Å². The lowest BCUT2D eigenvalue weighted by atomic mass is 10.2. The van der Waals surface area contributed by atoms with E-state index in [2.05, 4.69) is 4.98 Å². The van der Waals surface area contributed by atoms with Crippen molar-refractivity contribution in [2.45, 2.75) is 26.8 Å². The van der Waals surface area contributed by atoms with Crippen molar-refractivity contribution in [3.8, 4) is 0 Å². The van der Waals surface area contributed by atoms with Crippen LogP contribution in [-0.2, 0) is 16.1 Å². The van der Waals surface area contributed by atoms with E-state index in [4.69, 9.17) is 10.5 Å². The highest BCUT2D eigenvalue weighted by Gasteiger charge is 2.26. The molecule has 11 heteroatoms. The Morgan fingerprint density at radius 1 is 1.36 bits per heavy atom. The van der Waals surface area contributed by atoms with Gasteiger partial charge in [-0.05, 0) is 5.92 Å². The number of nitrogens with one attached hydrogen (secondary N) is 1. The first-order valence-electron chi connectivity index (χ1n) is 9.09. The van der Waals surface area contributed by atoms with Gasteiger partial charge in [-0.15, -0.1) is 0 Å². The Balaban J connectivity index is 2.33. The van der Waals surface area contributed by atoms with Crippen LogP contribution in [-0.4, -0.2) is 64.7 Å². The van der Waals surface area contributed by atoms with Gasteiger partial charge < -0.3 is 20.3 Å². The highest BCUT2D eigenvalue weighted by molar-refractivity contribution is 8.13. The molecule has 0 atom stereocenters.